The molecule has 114 valence electrons. The molecule has 6 heteroatoms. The van der Waals surface area contributed by atoms with Gasteiger partial charge in [-0.2, -0.15) is 5.10 Å². The van der Waals surface area contributed by atoms with E-state index in [4.69, 9.17) is 0 Å². The number of aryl methyl sites for hydroxylation is 2. The van der Waals surface area contributed by atoms with Crippen molar-refractivity contribution in [3.8, 4) is 0 Å². The van der Waals surface area contributed by atoms with Crippen LogP contribution in [0.1, 0.15) is 43.5 Å². The summed E-state index contributed by atoms with van der Waals surface area (Å²) in [5, 5.41) is 14.1. The van der Waals surface area contributed by atoms with Crippen LogP contribution in [-0.4, -0.2) is 44.9 Å². The SMILES string of the molecule is CC(C(=O)N1CCCC(O)C1)n1nc2c(cc1=O)CCC2. The van der Waals surface area contributed by atoms with Crippen molar-refractivity contribution in [3.05, 3.63) is 27.7 Å². The normalized spacial score (nSPS) is 23.0. The van der Waals surface area contributed by atoms with Crippen molar-refractivity contribution < 1.29 is 9.90 Å². The first-order chi connectivity index (χ1) is 10.1. The zero-order valence-electron chi connectivity index (χ0n) is 12.3. The third kappa shape index (κ3) is 2.72. The van der Waals surface area contributed by atoms with Crippen LogP contribution in [0, 0.1) is 0 Å². The Hall–Kier alpha value is -1.69. The first-order valence-corrected chi connectivity index (χ1v) is 7.64. The summed E-state index contributed by atoms with van der Waals surface area (Å²) < 4.78 is 1.30. The molecule has 0 spiro atoms. The second kappa shape index (κ2) is 5.60. The molecule has 1 aliphatic carbocycles. The lowest BCUT2D eigenvalue weighted by Gasteiger charge is -2.32. The summed E-state index contributed by atoms with van der Waals surface area (Å²) in [5.74, 6) is -0.138. The lowest BCUT2D eigenvalue weighted by molar-refractivity contribution is -0.137. The number of aliphatic hydroxyl groups is 1. The standard InChI is InChI=1S/C15H21N3O3/c1-10(15(21)17-7-3-5-12(19)9-17)18-14(20)8-11-4-2-6-13(11)16-18/h8,10,12,19H,2-7,9H2,1H3. The van der Waals surface area contributed by atoms with E-state index in [1.54, 1.807) is 17.9 Å². The fourth-order valence-electron chi connectivity index (χ4n) is 3.22. The third-order valence-corrected chi connectivity index (χ3v) is 4.41. The van der Waals surface area contributed by atoms with Crippen LogP contribution in [0.2, 0.25) is 0 Å². The number of rotatable bonds is 2. The first-order valence-electron chi connectivity index (χ1n) is 7.64. The largest absolute Gasteiger partial charge is 0.391 e. The average molecular weight is 291 g/mol. The molecular weight excluding hydrogens is 270 g/mol. The number of amides is 1. The van der Waals surface area contributed by atoms with E-state index >= 15 is 0 Å². The van der Waals surface area contributed by atoms with Crippen LogP contribution in [0.15, 0.2) is 10.9 Å². The van der Waals surface area contributed by atoms with Gasteiger partial charge in [0.1, 0.15) is 6.04 Å². The van der Waals surface area contributed by atoms with Gasteiger partial charge in [-0.1, -0.05) is 0 Å². The predicted octanol–water partition coefficient (Wildman–Crippen LogP) is 0.276. The summed E-state index contributed by atoms with van der Waals surface area (Å²) >= 11 is 0. The van der Waals surface area contributed by atoms with Crippen molar-refractivity contribution in [1.82, 2.24) is 14.7 Å². The maximum absolute atomic E-state index is 12.5. The Morgan fingerprint density at radius 3 is 3.00 bits per heavy atom. The number of hydrogen-bond acceptors (Lipinski definition) is 4. The number of piperidine rings is 1. The number of β-amino-alcohol motifs (C(OH)–C–C–N with tert-alkyl or cyclic N) is 1. The van der Waals surface area contributed by atoms with E-state index in [9.17, 15) is 14.7 Å². The molecule has 2 atom stereocenters. The van der Waals surface area contributed by atoms with E-state index in [0.717, 1.165) is 43.4 Å². The maximum atomic E-state index is 12.5. The summed E-state index contributed by atoms with van der Waals surface area (Å²) in [6.45, 7) is 2.70. The highest BCUT2D eigenvalue weighted by molar-refractivity contribution is 5.80. The number of carbonyl (C=O) groups excluding carboxylic acids is 1. The quantitative estimate of drug-likeness (QED) is 0.849. The Kier molecular flexibility index (Phi) is 3.80. The second-order valence-electron chi connectivity index (χ2n) is 6.01. The second-order valence-corrected chi connectivity index (χ2v) is 6.01. The van der Waals surface area contributed by atoms with Gasteiger partial charge in [0.15, 0.2) is 0 Å². The number of nitrogens with zero attached hydrogens (tertiary/aromatic N) is 3. The van der Waals surface area contributed by atoms with Gasteiger partial charge in [-0.05, 0) is 44.6 Å². The molecule has 0 aromatic carbocycles. The molecule has 21 heavy (non-hydrogen) atoms. The van der Waals surface area contributed by atoms with Crippen LogP contribution in [0.5, 0.6) is 0 Å². The van der Waals surface area contributed by atoms with Crippen molar-refractivity contribution >= 4 is 5.91 Å². The average Bonchev–Trinajstić information content (AvgIpc) is 2.92. The topological polar surface area (TPSA) is 75.4 Å². The molecular formula is C15H21N3O3. The van der Waals surface area contributed by atoms with Gasteiger partial charge in [-0.3, -0.25) is 9.59 Å². The van der Waals surface area contributed by atoms with E-state index in [1.807, 2.05) is 0 Å². The molecule has 6 nitrogen and oxygen atoms in total. The zero-order valence-corrected chi connectivity index (χ0v) is 12.3. The predicted molar refractivity (Wildman–Crippen MR) is 77.1 cm³/mol. The van der Waals surface area contributed by atoms with E-state index in [0.29, 0.717) is 13.1 Å². The molecule has 1 aromatic heterocycles. The van der Waals surface area contributed by atoms with E-state index in [2.05, 4.69) is 5.10 Å². The molecule has 0 bridgehead atoms. The maximum Gasteiger partial charge on any atom is 0.267 e. The fourth-order valence-corrected chi connectivity index (χ4v) is 3.22. The Bertz CT molecular complexity index is 611. The molecule has 0 saturated carbocycles. The molecule has 1 amide bonds. The summed E-state index contributed by atoms with van der Waals surface area (Å²) in [5.41, 5.74) is 1.74. The van der Waals surface area contributed by atoms with Gasteiger partial charge in [0.2, 0.25) is 5.91 Å². The van der Waals surface area contributed by atoms with Crippen LogP contribution >= 0.6 is 0 Å². The first kappa shape index (κ1) is 14.3. The number of aliphatic hydroxyl groups excluding tert-OH is 1. The Morgan fingerprint density at radius 1 is 1.43 bits per heavy atom. The Labute approximate surface area is 123 Å². The monoisotopic (exact) mass is 291 g/mol. The van der Waals surface area contributed by atoms with E-state index < -0.39 is 12.1 Å². The summed E-state index contributed by atoms with van der Waals surface area (Å²) in [6.07, 6.45) is 3.87. The molecule has 1 aliphatic heterocycles. The number of likely N-dealkylation sites (tertiary alicyclic amines) is 1. The number of fused-ring (bicyclic) bond motifs is 1. The number of carbonyl (C=O) groups is 1. The smallest absolute Gasteiger partial charge is 0.267 e. The van der Waals surface area contributed by atoms with Gasteiger partial charge in [-0.25, -0.2) is 4.68 Å². The van der Waals surface area contributed by atoms with Gasteiger partial charge in [0, 0.05) is 19.2 Å². The highest BCUT2D eigenvalue weighted by Crippen LogP contribution is 2.19. The summed E-state index contributed by atoms with van der Waals surface area (Å²) in [6, 6.07) is 0.998. The lowest BCUT2D eigenvalue weighted by atomic mass is 10.1. The lowest BCUT2D eigenvalue weighted by Crippen LogP contribution is -2.46. The molecule has 2 unspecified atom stereocenters. The minimum Gasteiger partial charge on any atom is -0.391 e. The van der Waals surface area contributed by atoms with E-state index in [1.165, 1.54) is 4.68 Å². The van der Waals surface area contributed by atoms with Crippen LogP contribution in [0.3, 0.4) is 0 Å². The molecule has 1 N–H and O–H groups in total. The van der Waals surface area contributed by atoms with Crippen molar-refractivity contribution in [2.75, 3.05) is 13.1 Å². The fraction of sp³-hybridized carbons (Fsp3) is 0.667. The Morgan fingerprint density at radius 2 is 2.24 bits per heavy atom. The van der Waals surface area contributed by atoms with Crippen LogP contribution < -0.4 is 5.56 Å². The van der Waals surface area contributed by atoms with Crippen LogP contribution in [0.25, 0.3) is 0 Å². The van der Waals surface area contributed by atoms with Crippen molar-refractivity contribution in [2.45, 2.75) is 51.2 Å². The van der Waals surface area contributed by atoms with Crippen molar-refractivity contribution in [3.63, 3.8) is 0 Å². The number of hydrogen-bond donors (Lipinski definition) is 1. The molecule has 1 saturated heterocycles. The molecule has 1 fully saturated rings. The minimum atomic E-state index is -0.617. The van der Waals surface area contributed by atoms with E-state index in [-0.39, 0.29) is 11.5 Å². The highest BCUT2D eigenvalue weighted by Gasteiger charge is 2.28. The van der Waals surface area contributed by atoms with Crippen molar-refractivity contribution in [1.29, 1.82) is 0 Å². The van der Waals surface area contributed by atoms with Crippen molar-refractivity contribution in [2.24, 2.45) is 0 Å². The molecule has 1 aromatic rings. The summed E-state index contributed by atoms with van der Waals surface area (Å²) in [4.78, 5) is 26.3. The third-order valence-electron chi connectivity index (χ3n) is 4.41. The molecule has 2 heterocycles. The highest BCUT2D eigenvalue weighted by atomic mass is 16.3. The number of aromatic nitrogens is 2. The molecule has 2 aliphatic rings. The van der Waals surface area contributed by atoms with Gasteiger partial charge in [-0.15, -0.1) is 0 Å². The Balaban J connectivity index is 1.83. The molecule has 3 rings (SSSR count). The minimum absolute atomic E-state index is 0.138. The van der Waals surface area contributed by atoms with Gasteiger partial charge in [0.05, 0.1) is 11.8 Å². The van der Waals surface area contributed by atoms with Crippen LogP contribution in [0.4, 0.5) is 0 Å². The van der Waals surface area contributed by atoms with Gasteiger partial charge >= 0.3 is 0 Å². The summed E-state index contributed by atoms with van der Waals surface area (Å²) in [7, 11) is 0. The zero-order chi connectivity index (χ0) is 15.0. The van der Waals surface area contributed by atoms with Gasteiger partial charge in [0.25, 0.3) is 5.56 Å². The molecule has 0 radical (unpaired) electrons. The van der Waals surface area contributed by atoms with Crippen LogP contribution in [-0.2, 0) is 17.6 Å². The van der Waals surface area contributed by atoms with Gasteiger partial charge < -0.3 is 10.0 Å².